The van der Waals surface area contributed by atoms with Crippen LogP contribution in [-0.2, 0) is 0 Å². The molecule has 0 amide bonds. The second-order valence-corrected chi connectivity index (χ2v) is 2.75. The van der Waals surface area contributed by atoms with Crippen LogP contribution in [0.4, 0.5) is 0 Å². The maximum atomic E-state index is 3.86. The molecule has 2 heteroatoms. The second-order valence-electron chi connectivity index (χ2n) is 2.75. The minimum absolute atomic E-state index is 0.530. The van der Waals surface area contributed by atoms with Crippen LogP contribution in [0, 0.1) is 0 Å². The molecule has 0 rings (SSSR count). The van der Waals surface area contributed by atoms with Gasteiger partial charge in [-0.15, -0.1) is 0 Å². The number of likely N-dealkylation sites (N-methyl/N-ethyl adjacent to an activating group) is 2. The molecule has 0 spiro atoms. The van der Waals surface area contributed by atoms with Gasteiger partial charge in [-0.05, 0) is 20.9 Å². The van der Waals surface area contributed by atoms with Crippen molar-refractivity contribution < 1.29 is 0 Å². The third-order valence-corrected chi connectivity index (χ3v) is 1.76. The number of nitrogens with zero attached hydrogens (tertiary/aromatic N) is 1. The summed E-state index contributed by atoms with van der Waals surface area (Å²) in [4.78, 5) is 2.16. The zero-order chi connectivity index (χ0) is 8.15. The minimum atomic E-state index is 0.530. The highest BCUT2D eigenvalue weighted by Gasteiger charge is 2.05. The van der Waals surface area contributed by atoms with Crippen LogP contribution in [0.15, 0.2) is 12.3 Å². The lowest BCUT2D eigenvalue weighted by Gasteiger charge is -2.26. The van der Waals surface area contributed by atoms with Gasteiger partial charge in [0.2, 0.25) is 0 Å². The van der Waals surface area contributed by atoms with Crippen LogP contribution < -0.4 is 5.32 Å². The Hall–Kier alpha value is -0.500. The fraction of sp³-hybridized carbons (Fsp3) is 0.750. The predicted molar refractivity (Wildman–Crippen MR) is 46.0 cm³/mol. The molecule has 0 aromatic heterocycles. The number of hydrogen-bond donors (Lipinski definition) is 1. The normalized spacial score (nSPS) is 12.8. The average molecular weight is 142 g/mol. The Labute approximate surface area is 63.9 Å². The summed E-state index contributed by atoms with van der Waals surface area (Å²) in [7, 11) is 4.02. The van der Waals surface area contributed by atoms with Crippen LogP contribution in [0.25, 0.3) is 0 Å². The van der Waals surface area contributed by atoms with Gasteiger partial charge in [0.1, 0.15) is 0 Å². The summed E-state index contributed by atoms with van der Waals surface area (Å²) in [6, 6.07) is 0.530. The van der Waals surface area contributed by atoms with Crippen molar-refractivity contribution in [3.8, 4) is 0 Å². The molecule has 2 nitrogen and oxygen atoms in total. The van der Waals surface area contributed by atoms with Gasteiger partial charge < -0.3 is 10.2 Å². The van der Waals surface area contributed by atoms with E-state index in [1.807, 2.05) is 14.0 Å². The Balaban J connectivity index is 3.69. The third-order valence-electron chi connectivity index (χ3n) is 1.76. The summed E-state index contributed by atoms with van der Waals surface area (Å²) in [6.07, 6.45) is 0. The highest BCUT2D eigenvalue weighted by Crippen LogP contribution is 2.01. The van der Waals surface area contributed by atoms with Gasteiger partial charge in [-0.25, -0.2) is 0 Å². The molecule has 0 aliphatic heterocycles. The SMILES string of the molecule is C=C(C)N(C)C(C)CNC. The summed E-state index contributed by atoms with van der Waals surface area (Å²) in [5.41, 5.74) is 1.11. The van der Waals surface area contributed by atoms with Crippen molar-refractivity contribution in [1.82, 2.24) is 10.2 Å². The first kappa shape index (κ1) is 9.50. The standard InChI is InChI=1S/C8H18N2/c1-7(2)10(5)8(3)6-9-4/h8-9H,1,6H2,2-5H3. The van der Waals surface area contributed by atoms with Crippen molar-refractivity contribution in [3.63, 3.8) is 0 Å². The van der Waals surface area contributed by atoms with Crippen molar-refractivity contribution in [2.75, 3.05) is 20.6 Å². The van der Waals surface area contributed by atoms with Gasteiger partial charge in [-0.3, -0.25) is 0 Å². The first-order valence-electron chi connectivity index (χ1n) is 3.62. The minimum Gasteiger partial charge on any atom is -0.375 e. The molecule has 0 saturated heterocycles. The van der Waals surface area contributed by atoms with E-state index >= 15 is 0 Å². The Bertz CT molecular complexity index is 110. The van der Waals surface area contributed by atoms with Gasteiger partial charge in [0.05, 0.1) is 0 Å². The van der Waals surface area contributed by atoms with Crippen LogP contribution in [0.2, 0.25) is 0 Å². The maximum absolute atomic E-state index is 3.86. The van der Waals surface area contributed by atoms with Gasteiger partial charge in [-0.2, -0.15) is 0 Å². The molecule has 0 fully saturated rings. The molecule has 60 valence electrons. The van der Waals surface area contributed by atoms with E-state index in [1.54, 1.807) is 0 Å². The van der Waals surface area contributed by atoms with Crippen molar-refractivity contribution in [3.05, 3.63) is 12.3 Å². The highest BCUT2D eigenvalue weighted by molar-refractivity contribution is 4.89. The van der Waals surface area contributed by atoms with Crippen molar-refractivity contribution >= 4 is 0 Å². The monoisotopic (exact) mass is 142 g/mol. The molecule has 0 aliphatic carbocycles. The van der Waals surface area contributed by atoms with E-state index in [2.05, 4.69) is 30.8 Å². The molecule has 1 N–H and O–H groups in total. The Morgan fingerprint density at radius 1 is 1.70 bits per heavy atom. The van der Waals surface area contributed by atoms with E-state index in [9.17, 15) is 0 Å². The Morgan fingerprint density at radius 3 is 2.50 bits per heavy atom. The van der Waals surface area contributed by atoms with Gasteiger partial charge in [0.25, 0.3) is 0 Å². The molecule has 10 heavy (non-hydrogen) atoms. The zero-order valence-corrected chi connectivity index (χ0v) is 7.44. The summed E-state index contributed by atoms with van der Waals surface area (Å²) in [5.74, 6) is 0. The summed E-state index contributed by atoms with van der Waals surface area (Å²) in [5, 5.41) is 3.12. The highest BCUT2D eigenvalue weighted by atomic mass is 15.1. The average Bonchev–Trinajstić information content (AvgIpc) is 1.87. The molecule has 0 aromatic rings. The van der Waals surface area contributed by atoms with Crippen LogP contribution >= 0.6 is 0 Å². The van der Waals surface area contributed by atoms with Gasteiger partial charge in [0.15, 0.2) is 0 Å². The molecule has 0 heterocycles. The number of hydrogen-bond acceptors (Lipinski definition) is 2. The lowest BCUT2D eigenvalue weighted by molar-refractivity contribution is 0.319. The molecule has 0 saturated carbocycles. The van der Waals surface area contributed by atoms with Gasteiger partial charge >= 0.3 is 0 Å². The van der Waals surface area contributed by atoms with Gasteiger partial charge in [0, 0.05) is 25.3 Å². The fourth-order valence-electron chi connectivity index (χ4n) is 0.809. The van der Waals surface area contributed by atoms with E-state index < -0.39 is 0 Å². The molecular formula is C8H18N2. The molecule has 1 unspecified atom stereocenters. The quantitative estimate of drug-likeness (QED) is 0.631. The predicted octanol–water partition coefficient (Wildman–Crippen LogP) is 1.06. The van der Waals surface area contributed by atoms with Crippen LogP contribution in [0.3, 0.4) is 0 Å². The topological polar surface area (TPSA) is 15.3 Å². The lowest BCUT2D eigenvalue weighted by atomic mass is 10.3. The number of rotatable bonds is 4. The third kappa shape index (κ3) is 2.87. The van der Waals surface area contributed by atoms with Crippen molar-refractivity contribution in [1.29, 1.82) is 0 Å². The molecule has 0 aromatic carbocycles. The smallest absolute Gasteiger partial charge is 0.0379 e. The number of allylic oxidation sites excluding steroid dienone is 1. The Kier molecular flexibility index (Phi) is 4.12. The van der Waals surface area contributed by atoms with Crippen LogP contribution in [0.1, 0.15) is 13.8 Å². The largest absolute Gasteiger partial charge is 0.375 e. The first-order valence-corrected chi connectivity index (χ1v) is 3.62. The van der Waals surface area contributed by atoms with E-state index in [0.29, 0.717) is 6.04 Å². The second kappa shape index (κ2) is 4.34. The first-order chi connectivity index (χ1) is 4.59. The van der Waals surface area contributed by atoms with Crippen LogP contribution in [0.5, 0.6) is 0 Å². The van der Waals surface area contributed by atoms with Crippen molar-refractivity contribution in [2.45, 2.75) is 19.9 Å². The molecule has 1 atom stereocenters. The Morgan fingerprint density at radius 2 is 2.20 bits per heavy atom. The maximum Gasteiger partial charge on any atom is 0.0379 e. The lowest BCUT2D eigenvalue weighted by Crippen LogP contribution is -2.35. The fourth-order valence-corrected chi connectivity index (χ4v) is 0.809. The molecule has 0 aliphatic rings. The van der Waals surface area contributed by atoms with E-state index in [4.69, 9.17) is 0 Å². The van der Waals surface area contributed by atoms with E-state index in [0.717, 1.165) is 12.2 Å². The van der Waals surface area contributed by atoms with Gasteiger partial charge in [-0.1, -0.05) is 6.58 Å². The van der Waals surface area contributed by atoms with Crippen LogP contribution in [-0.4, -0.2) is 31.6 Å². The summed E-state index contributed by atoms with van der Waals surface area (Å²) >= 11 is 0. The molecule has 0 radical (unpaired) electrons. The molecule has 0 bridgehead atoms. The van der Waals surface area contributed by atoms with E-state index in [-0.39, 0.29) is 0 Å². The molecular weight excluding hydrogens is 124 g/mol. The summed E-state index contributed by atoms with van der Waals surface area (Å²) < 4.78 is 0. The summed E-state index contributed by atoms with van der Waals surface area (Å²) in [6.45, 7) is 9.05. The number of nitrogens with one attached hydrogen (secondary N) is 1. The van der Waals surface area contributed by atoms with Crippen molar-refractivity contribution in [2.24, 2.45) is 0 Å². The zero-order valence-electron chi connectivity index (χ0n) is 7.44. The van der Waals surface area contributed by atoms with E-state index in [1.165, 1.54) is 0 Å².